The molecule has 0 amide bonds. The minimum Gasteiger partial charge on any atom is -0.465 e. The van der Waals surface area contributed by atoms with E-state index in [1.807, 2.05) is 0 Å². The summed E-state index contributed by atoms with van der Waals surface area (Å²) < 4.78 is 6.25. The number of carbonyl (C=O) groups is 1. The number of ether oxygens (including phenoxy) is 1. The molecule has 2 nitrogen and oxygen atoms in total. The molecule has 3 aliphatic rings. The minimum absolute atomic E-state index is 0.187. The molecule has 0 heterocycles. The third-order valence-electron chi connectivity index (χ3n) is 11.4. The van der Waals surface area contributed by atoms with Crippen LogP contribution < -0.4 is 0 Å². The third-order valence-corrected chi connectivity index (χ3v) is 11.4. The molecule has 0 spiro atoms. The molecule has 3 rings (SSSR count). The van der Waals surface area contributed by atoms with Gasteiger partial charge in [0.2, 0.25) is 0 Å². The number of carbonyl (C=O) groups excluding carboxylic acids is 1. The van der Waals surface area contributed by atoms with Gasteiger partial charge in [0, 0.05) is 0 Å². The zero-order valence-corrected chi connectivity index (χ0v) is 26.0. The summed E-state index contributed by atoms with van der Waals surface area (Å²) in [6, 6.07) is 0. The Labute approximate surface area is 238 Å². The Balaban J connectivity index is 1.63. The Morgan fingerprint density at radius 3 is 1.68 bits per heavy atom. The van der Waals surface area contributed by atoms with Crippen molar-refractivity contribution in [1.82, 2.24) is 0 Å². The van der Waals surface area contributed by atoms with Gasteiger partial charge in [0.15, 0.2) is 0 Å². The van der Waals surface area contributed by atoms with Crippen LogP contribution in [0.5, 0.6) is 0 Å². The predicted molar refractivity (Wildman–Crippen MR) is 163 cm³/mol. The van der Waals surface area contributed by atoms with Crippen molar-refractivity contribution in [3.63, 3.8) is 0 Å². The van der Waals surface area contributed by atoms with Crippen molar-refractivity contribution >= 4 is 5.97 Å². The molecule has 3 aliphatic carbocycles. The number of hydrogen-bond donors (Lipinski definition) is 0. The largest absolute Gasteiger partial charge is 0.465 e. The smallest absolute Gasteiger partial charge is 0.312 e. The summed E-state index contributed by atoms with van der Waals surface area (Å²) in [6.45, 7) is 5.25. The maximum atomic E-state index is 14.1. The summed E-state index contributed by atoms with van der Waals surface area (Å²) in [7, 11) is 0. The summed E-state index contributed by atoms with van der Waals surface area (Å²) in [5.41, 5.74) is 0.0217. The van der Waals surface area contributed by atoms with Crippen molar-refractivity contribution in [3.05, 3.63) is 0 Å². The fourth-order valence-corrected chi connectivity index (χ4v) is 8.95. The minimum atomic E-state index is -0.187. The van der Waals surface area contributed by atoms with Crippen LogP contribution in [-0.4, -0.2) is 12.6 Å². The van der Waals surface area contributed by atoms with E-state index < -0.39 is 0 Å². The first-order valence-corrected chi connectivity index (χ1v) is 17.8. The second-order valence-electron chi connectivity index (χ2n) is 13.9. The van der Waals surface area contributed by atoms with Crippen molar-refractivity contribution in [2.75, 3.05) is 6.61 Å². The summed E-state index contributed by atoms with van der Waals surface area (Å²) in [5.74, 6) is 2.13. The van der Waals surface area contributed by atoms with Crippen LogP contribution in [0.4, 0.5) is 0 Å². The zero-order chi connectivity index (χ0) is 26.9. The average molecular weight is 531 g/mol. The zero-order valence-electron chi connectivity index (χ0n) is 26.0. The van der Waals surface area contributed by atoms with Crippen LogP contribution in [0.3, 0.4) is 0 Å². The number of esters is 1. The van der Waals surface area contributed by atoms with Crippen LogP contribution in [0.15, 0.2) is 0 Å². The molecule has 0 unspecified atom stereocenters. The van der Waals surface area contributed by atoms with Crippen molar-refractivity contribution in [2.24, 2.45) is 22.7 Å². The first-order chi connectivity index (χ1) is 18.7. The molecule has 0 bridgehead atoms. The molecule has 0 aromatic rings. The molecule has 0 atom stereocenters. The fourth-order valence-electron chi connectivity index (χ4n) is 8.95. The van der Waals surface area contributed by atoms with Crippen LogP contribution in [0, 0.1) is 22.7 Å². The Morgan fingerprint density at radius 1 is 0.579 bits per heavy atom. The average Bonchev–Trinajstić information content (AvgIpc) is 2.97. The summed E-state index contributed by atoms with van der Waals surface area (Å²) >= 11 is 0. The number of unbranched alkanes of at least 4 members (excludes halogenated alkanes) is 11. The Morgan fingerprint density at radius 2 is 1.08 bits per heavy atom. The third kappa shape index (κ3) is 9.26. The highest BCUT2D eigenvalue weighted by Crippen LogP contribution is 2.61. The lowest BCUT2D eigenvalue weighted by Crippen LogP contribution is -2.52. The lowest BCUT2D eigenvalue weighted by Gasteiger charge is -2.55. The molecule has 2 heteroatoms. The van der Waals surface area contributed by atoms with Crippen molar-refractivity contribution < 1.29 is 9.53 Å². The Bertz CT molecular complexity index is 605. The normalized spacial score (nSPS) is 26.3. The van der Waals surface area contributed by atoms with Crippen LogP contribution in [0.2, 0.25) is 0 Å². The summed E-state index contributed by atoms with van der Waals surface area (Å²) in [4.78, 5) is 14.1. The van der Waals surface area contributed by atoms with Gasteiger partial charge in [-0.05, 0) is 68.6 Å². The highest BCUT2D eigenvalue weighted by molar-refractivity contribution is 5.78. The van der Waals surface area contributed by atoms with Gasteiger partial charge in [-0.1, -0.05) is 142 Å². The van der Waals surface area contributed by atoms with Gasteiger partial charge >= 0.3 is 5.97 Å². The van der Waals surface area contributed by atoms with Gasteiger partial charge in [0.05, 0.1) is 12.0 Å². The number of hydrogen-bond acceptors (Lipinski definition) is 2. The van der Waals surface area contributed by atoms with Crippen LogP contribution in [0.1, 0.15) is 194 Å². The summed E-state index contributed by atoms with van der Waals surface area (Å²) in [6.07, 6.45) is 37.0. The van der Waals surface area contributed by atoms with Crippen LogP contribution in [0.25, 0.3) is 0 Å². The Hall–Kier alpha value is -0.530. The van der Waals surface area contributed by atoms with E-state index in [1.54, 1.807) is 0 Å². The second kappa shape index (κ2) is 18.0. The van der Waals surface area contributed by atoms with E-state index in [1.165, 1.54) is 161 Å². The second-order valence-corrected chi connectivity index (χ2v) is 13.9. The maximum Gasteiger partial charge on any atom is 0.312 e. The van der Waals surface area contributed by atoms with E-state index in [-0.39, 0.29) is 16.8 Å². The first kappa shape index (κ1) is 32.0. The molecule has 0 aromatic carbocycles. The monoisotopic (exact) mass is 531 g/mol. The van der Waals surface area contributed by atoms with E-state index in [0.717, 1.165) is 31.1 Å². The number of rotatable bonds is 18. The molecule has 0 aliphatic heterocycles. The van der Waals surface area contributed by atoms with Gasteiger partial charge in [0.25, 0.3) is 0 Å². The Kier molecular flexibility index (Phi) is 15.2. The standard InChI is InChI=1S/C36H66O2/c1-3-5-7-9-11-13-21-31-38-34(37)36(27-19-15-20-28-36)35(26-18-12-10-8-6-4-2)29-24-33(25-30-35)32-22-16-14-17-23-32/h32-33H,3-31H2,1-2H3/t33-,35+. The van der Waals surface area contributed by atoms with Crippen molar-refractivity contribution in [1.29, 1.82) is 0 Å². The van der Waals surface area contributed by atoms with E-state index in [4.69, 9.17) is 4.74 Å². The van der Waals surface area contributed by atoms with E-state index >= 15 is 0 Å². The van der Waals surface area contributed by atoms with Gasteiger partial charge in [0.1, 0.15) is 0 Å². The molecular formula is C36H66O2. The first-order valence-electron chi connectivity index (χ1n) is 17.8. The molecule has 38 heavy (non-hydrogen) atoms. The molecule has 0 N–H and O–H groups in total. The van der Waals surface area contributed by atoms with Gasteiger partial charge in [-0.25, -0.2) is 0 Å². The topological polar surface area (TPSA) is 26.3 Å². The van der Waals surface area contributed by atoms with E-state index in [2.05, 4.69) is 13.8 Å². The predicted octanol–water partition coefficient (Wildman–Crippen LogP) is 11.7. The van der Waals surface area contributed by atoms with Gasteiger partial charge in [-0.3, -0.25) is 4.79 Å². The van der Waals surface area contributed by atoms with Gasteiger partial charge in [-0.2, -0.15) is 0 Å². The van der Waals surface area contributed by atoms with Crippen molar-refractivity contribution in [3.8, 4) is 0 Å². The molecule has 222 valence electrons. The fraction of sp³-hybridized carbons (Fsp3) is 0.972. The van der Waals surface area contributed by atoms with Crippen LogP contribution in [-0.2, 0) is 9.53 Å². The molecule has 0 radical (unpaired) electrons. The van der Waals surface area contributed by atoms with Crippen molar-refractivity contribution in [2.45, 2.75) is 194 Å². The lowest BCUT2D eigenvalue weighted by atomic mass is 9.49. The SMILES string of the molecule is CCCCCCCCCOC(=O)C1([C@]2(CCCCCCCC)CC[C@H](C3CCCCC3)CC2)CCCCC1. The molecule has 0 aromatic heterocycles. The molecular weight excluding hydrogens is 464 g/mol. The quantitative estimate of drug-likeness (QED) is 0.130. The van der Waals surface area contributed by atoms with Gasteiger partial charge in [-0.15, -0.1) is 0 Å². The molecule has 3 saturated carbocycles. The maximum absolute atomic E-state index is 14.1. The summed E-state index contributed by atoms with van der Waals surface area (Å²) in [5, 5.41) is 0. The lowest BCUT2D eigenvalue weighted by molar-refractivity contribution is -0.175. The molecule has 0 saturated heterocycles. The van der Waals surface area contributed by atoms with Gasteiger partial charge < -0.3 is 4.74 Å². The highest BCUT2D eigenvalue weighted by Gasteiger charge is 2.57. The van der Waals surface area contributed by atoms with E-state index in [0.29, 0.717) is 6.61 Å². The highest BCUT2D eigenvalue weighted by atomic mass is 16.5. The molecule has 3 fully saturated rings. The van der Waals surface area contributed by atoms with Crippen LogP contribution >= 0.6 is 0 Å². The van der Waals surface area contributed by atoms with E-state index in [9.17, 15) is 4.79 Å².